The van der Waals surface area contributed by atoms with Crippen molar-refractivity contribution in [2.24, 2.45) is 0 Å². The predicted molar refractivity (Wildman–Crippen MR) is 63.8 cm³/mol. The summed E-state index contributed by atoms with van der Waals surface area (Å²) < 4.78 is 5.06. The first-order chi connectivity index (χ1) is 7.77. The van der Waals surface area contributed by atoms with Crippen molar-refractivity contribution in [2.75, 3.05) is 0 Å². The highest BCUT2D eigenvalue weighted by molar-refractivity contribution is 5.93. The molecule has 0 aliphatic heterocycles. The Balaban J connectivity index is 2.80. The summed E-state index contributed by atoms with van der Waals surface area (Å²) in [4.78, 5) is 11.9. The topological polar surface area (TPSA) is 75.4 Å². The summed E-state index contributed by atoms with van der Waals surface area (Å²) in [7, 11) is 0. The molecule has 2 N–H and O–H groups in total. The average molecular weight is 240 g/mol. The molecule has 1 aromatic rings. The van der Waals surface area contributed by atoms with Gasteiger partial charge in [-0.1, -0.05) is 12.1 Å². The van der Waals surface area contributed by atoms with Crippen molar-refractivity contribution in [3.63, 3.8) is 0 Å². The second kappa shape index (κ2) is 4.87. The van der Waals surface area contributed by atoms with Crippen LogP contribution in [-0.4, -0.2) is 27.8 Å². The van der Waals surface area contributed by atoms with Crippen LogP contribution in [0, 0.1) is 6.92 Å². The van der Waals surface area contributed by atoms with Gasteiger partial charge < -0.3 is 14.9 Å². The van der Waals surface area contributed by atoms with E-state index in [1.54, 1.807) is 27.7 Å². The van der Waals surface area contributed by atoms with E-state index in [9.17, 15) is 9.90 Å². The molecule has 1 amide bonds. The van der Waals surface area contributed by atoms with Gasteiger partial charge in [-0.25, -0.2) is 0 Å². The van der Waals surface area contributed by atoms with Gasteiger partial charge in [0.05, 0.1) is 11.6 Å². The summed E-state index contributed by atoms with van der Waals surface area (Å²) in [5.41, 5.74) is 0.0758. The molecule has 17 heavy (non-hydrogen) atoms. The van der Waals surface area contributed by atoms with Gasteiger partial charge in [-0.15, -0.1) is 0 Å². The number of nitrogens with one attached hydrogen (secondary N) is 1. The monoisotopic (exact) mass is 240 g/mol. The fourth-order valence-electron chi connectivity index (χ4n) is 1.35. The molecular formula is C12H20N2O3. The molecule has 0 saturated heterocycles. The Morgan fingerprint density at radius 2 is 2.18 bits per heavy atom. The van der Waals surface area contributed by atoms with Crippen LogP contribution < -0.4 is 5.32 Å². The van der Waals surface area contributed by atoms with Crippen molar-refractivity contribution in [3.8, 4) is 0 Å². The van der Waals surface area contributed by atoms with Crippen LogP contribution in [0.5, 0.6) is 0 Å². The first-order valence-electron chi connectivity index (χ1n) is 5.75. The van der Waals surface area contributed by atoms with Gasteiger partial charge in [0.2, 0.25) is 0 Å². The Kier molecular flexibility index (Phi) is 3.93. The largest absolute Gasteiger partial charge is 0.388 e. The third kappa shape index (κ3) is 3.06. The number of aliphatic hydroxyl groups is 1. The van der Waals surface area contributed by atoms with E-state index >= 15 is 0 Å². The van der Waals surface area contributed by atoms with E-state index in [4.69, 9.17) is 4.52 Å². The lowest BCUT2D eigenvalue weighted by atomic mass is 10.0. The molecule has 0 radical (unpaired) electrons. The molecular weight excluding hydrogens is 220 g/mol. The first-order valence-corrected chi connectivity index (χ1v) is 5.75. The molecule has 0 aliphatic rings. The van der Waals surface area contributed by atoms with Crippen molar-refractivity contribution in [3.05, 3.63) is 17.0 Å². The number of amides is 1. The number of aromatic nitrogens is 1. The second-order valence-electron chi connectivity index (χ2n) is 4.78. The predicted octanol–water partition coefficient (Wildman–Crippen LogP) is 1.43. The maximum Gasteiger partial charge on any atom is 0.274 e. The molecule has 96 valence electrons. The average Bonchev–Trinajstić information content (AvgIpc) is 2.57. The van der Waals surface area contributed by atoms with E-state index in [1.807, 2.05) is 6.92 Å². The number of carbonyl (C=O) groups is 1. The number of hydrogen-bond acceptors (Lipinski definition) is 4. The SMILES string of the molecule is CCc1onc(C(=O)NC(C)C(C)(C)O)c1C. The Hall–Kier alpha value is -1.36. The van der Waals surface area contributed by atoms with Crippen LogP contribution in [0.2, 0.25) is 0 Å². The smallest absolute Gasteiger partial charge is 0.274 e. The van der Waals surface area contributed by atoms with Gasteiger partial charge in [-0.2, -0.15) is 0 Å². The third-order valence-electron chi connectivity index (χ3n) is 2.96. The highest BCUT2D eigenvalue weighted by Crippen LogP contribution is 2.14. The molecule has 5 heteroatoms. The van der Waals surface area contributed by atoms with Gasteiger partial charge in [-0.3, -0.25) is 4.79 Å². The van der Waals surface area contributed by atoms with E-state index < -0.39 is 5.60 Å². The molecule has 0 fully saturated rings. The highest BCUT2D eigenvalue weighted by Gasteiger charge is 2.26. The number of hydrogen-bond donors (Lipinski definition) is 2. The van der Waals surface area contributed by atoms with Crippen LogP contribution in [0.15, 0.2) is 4.52 Å². The molecule has 0 aromatic carbocycles. The van der Waals surface area contributed by atoms with Gasteiger partial charge in [0.15, 0.2) is 5.69 Å². The Morgan fingerprint density at radius 1 is 1.59 bits per heavy atom. The molecule has 0 spiro atoms. The van der Waals surface area contributed by atoms with Gasteiger partial charge in [0, 0.05) is 12.0 Å². The highest BCUT2D eigenvalue weighted by atomic mass is 16.5. The van der Waals surface area contributed by atoms with Gasteiger partial charge >= 0.3 is 0 Å². The maximum absolute atomic E-state index is 11.9. The lowest BCUT2D eigenvalue weighted by molar-refractivity contribution is 0.0406. The second-order valence-corrected chi connectivity index (χ2v) is 4.78. The normalized spacial score (nSPS) is 13.5. The van der Waals surface area contributed by atoms with E-state index in [0.29, 0.717) is 12.2 Å². The molecule has 1 atom stereocenters. The van der Waals surface area contributed by atoms with E-state index in [-0.39, 0.29) is 17.6 Å². The number of nitrogens with zero attached hydrogens (tertiary/aromatic N) is 1. The quantitative estimate of drug-likeness (QED) is 0.835. The van der Waals surface area contributed by atoms with E-state index in [1.165, 1.54) is 0 Å². The summed E-state index contributed by atoms with van der Waals surface area (Å²) in [6, 6.07) is -0.365. The molecule has 1 heterocycles. The number of aryl methyl sites for hydroxylation is 1. The van der Waals surface area contributed by atoms with Gasteiger partial charge in [0.25, 0.3) is 5.91 Å². The molecule has 1 unspecified atom stereocenters. The molecule has 0 aliphatic carbocycles. The lowest BCUT2D eigenvalue weighted by Gasteiger charge is -2.26. The summed E-state index contributed by atoms with van der Waals surface area (Å²) in [5.74, 6) is 0.395. The zero-order valence-electron chi connectivity index (χ0n) is 11.0. The van der Waals surface area contributed by atoms with Crippen LogP contribution in [0.25, 0.3) is 0 Å². The summed E-state index contributed by atoms with van der Waals surface area (Å²) >= 11 is 0. The molecule has 0 bridgehead atoms. The maximum atomic E-state index is 11.9. The van der Waals surface area contributed by atoms with Crippen molar-refractivity contribution in [1.29, 1.82) is 0 Å². The minimum atomic E-state index is -0.971. The van der Waals surface area contributed by atoms with Crippen molar-refractivity contribution < 1.29 is 14.4 Å². The standard InChI is InChI=1S/C12H20N2O3/c1-6-9-7(2)10(14-17-9)11(15)13-8(3)12(4,5)16/h8,16H,6H2,1-5H3,(H,13,15). The Bertz CT molecular complexity index is 404. The van der Waals surface area contributed by atoms with Crippen LogP contribution in [0.3, 0.4) is 0 Å². The molecule has 5 nitrogen and oxygen atoms in total. The van der Waals surface area contributed by atoms with Crippen LogP contribution >= 0.6 is 0 Å². The zero-order chi connectivity index (χ0) is 13.2. The van der Waals surface area contributed by atoms with Gasteiger partial charge in [-0.05, 0) is 27.7 Å². The summed E-state index contributed by atoms with van der Waals surface area (Å²) in [5, 5.41) is 16.2. The van der Waals surface area contributed by atoms with Crippen LogP contribution in [0.1, 0.15) is 49.5 Å². The molecule has 1 aromatic heterocycles. The Labute approximate surface area is 101 Å². The number of carbonyl (C=O) groups excluding carboxylic acids is 1. The van der Waals surface area contributed by atoms with E-state index in [0.717, 1.165) is 5.56 Å². The van der Waals surface area contributed by atoms with Crippen molar-refractivity contribution in [1.82, 2.24) is 10.5 Å². The molecule has 0 saturated carbocycles. The zero-order valence-corrected chi connectivity index (χ0v) is 11.0. The Morgan fingerprint density at radius 3 is 2.59 bits per heavy atom. The minimum Gasteiger partial charge on any atom is -0.388 e. The fourth-order valence-corrected chi connectivity index (χ4v) is 1.35. The summed E-state index contributed by atoms with van der Waals surface area (Å²) in [6.07, 6.45) is 0.702. The van der Waals surface area contributed by atoms with Crippen LogP contribution in [-0.2, 0) is 6.42 Å². The first kappa shape index (κ1) is 13.7. The summed E-state index contributed by atoms with van der Waals surface area (Å²) in [6.45, 7) is 8.78. The molecule has 1 rings (SSSR count). The van der Waals surface area contributed by atoms with Crippen molar-refractivity contribution >= 4 is 5.91 Å². The third-order valence-corrected chi connectivity index (χ3v) is 2.96. The van der Waals surface area contributed by atoms with Crippen LogP contribution in [0.4, 0.5) is 0 Å². The number of rotatable bonds is 4. The van der Waals surface area contributed by atoms with Gasteiger partial charge in [0.1, 0.15) is 5.76 Å². The minimum absolute atomic E-state index is 0.290. The fraction of sp³-hybridized carbons (Fsp3) is 0.667. The lowest BCUT2D eigenvalue weighted by Crippen LogP contribution is -2.47. The van der Waals surface area contributed by atoms with E-state index in [2.05, 4.69) is 10.5 Å². The van der Waals surface area contributed by atoms with Crippen molar-refractivity contribution in [2.45, 2.75) is 52.7 Å².